The number of pyridine rings is 1. The lowest BCUT2D eigenvalue weighted by molar-refractivity contribution is 1.28. The van der Waals surface area contributed by atoms with Gasteiger partial charge in [-0.25, -0.2) is 0 Å². The number of anilines is 1. The molecule has 1 heterocycles. The number of hydrogen-bond acceptors (Lipinski definition) is 4. The third kappa shape index (κ3) is 2.94. The van der Waals surface area contributed by atoms with Crippen molar-refractivity contribution < 1.29 is 0 Å². The smallest absolute Gasteiger partial charge is 0.222 e. The van der Waals surface area contributed by atoms with Gasteiger partial charge >= 0.3 is 0 Å². The standard InChI is InChI=1S/C12H10N4O/c17-16-12(10-6-8-13-9-7-10)15-14-11-4-2-1-3-5-11/h1-9,14H/b15-12-. The zero-order valence-corrected chi connectivity index (χ0v) is 8.95. The maximum absolute atomic E-state index is 10.7. The van der Waals surface area contributed by atoms with E-state index in [9.17, 15) is 4.91 Å². The first-order valence-corrected chi connectivity index (χ1v) is 5.02. The molecule has 0 unspecified atom stereocenters. The van der Waals surface area contributed by atoms with Crippen LogP contribution in [-0.4, -0.2) is 10.8 Å². The van der Waals surface area contributed by atoms with Crippen LogP contribution in [0, 0.1) is 4.91 Å². The van der Waals surface area contributed by atoms with E-state index in [1.807, 2.05) is 30.3 Å². The summed E-state index contributed by atoms with van der Waals surface area (Å²) < 4.78 is 0. The predicted octanol–water partition coefficient (Wildman–Crippen LogP) is 2.62. The van der Waals surface area contributed by atoms with Gasteiger partial charge < -0.3 is 0 Å². The van der Waals surface area contributed by atoms with E-state index in [0.29, 0.717) is 5.56 Å². The van der Waals surface area contributed by atoms with E-state index in [1.165, 1.54) is 0 Å². The highest BCUT2D eigenvalue weighted by Gasteiger charge is 2.02. The Morgan fingerprint density at radius 3 is 2.41 bits per heavy atom. The lowest BCUT2D eigenvalue weighted by Gasteiger charge is -2.00. The van der Waals surface area contributed by atoms with Crippen LogP contribution in [0.2, 0.25) is 0 Å². The summed E-state index contributed by atoms with van der Waals surface area (Å²) in [5.74, 6) is 0.0938. The summed E-state index contributed by atoms with van der Waals surface area (Å²) in [5, 5.41) is 6.83. The minimum absolute atomic E-state index is 0.0938. The molecule has 0 atom stereocenters. The number of aromatic nitrogens is 1. The van der Waals surface area contributed by atoms with Crippen LogP contribution in [0.1, 0.15) is 5.56 Å². The van der Waals surface area contributed by atoms with Crippen molar-refractivity contribution in [2.75, 3.05) is 5.43 Å². The number of nitroso groups, excluding NO2 is 1. The average molecular weight is 226 g/mol. The quantitative estimate of drug-likeness (QED) is 0.378. The molecule has 1 aromatic heterocycles. The van der Waals surface area contributed by atoms with Crippen LogP contribution in [-0.2, 0) is 0 Å². The second-order valence-electron chi connectivity index (χ2n) is 3.24. The van der Waals surface area contributed by atoms with Crippen LogP contribution in [0.15, 0.2) is 65.1 Å². The Morgan fingerprint density at radius 1 is 1.06 bits per heavy atom. The largest absolute Gasteiger partial charge is 0.276 e. The Morgan fingerprint density at radius 2 is 1.76 bits per heavy atom. The number of amidine groups is 1. The molecule has 0 saturated carbocycles. The fourth-order valence-electron chi connectivity index (χ4n) is 1.27. The number of para-hydroxylation sites is 1. The third-order valence-corrected chi connectivity index (χ3v) is 2.09. The fourth-order valence-corrected chi connectivity index (χ4v) is 1.27. The van der Waals surface area contributed by atoms with Crippen molar-refractivity contribution in [1.29, 1.82) is 0 Å². The van der Waals surface area contributed by atoms with Crippen LogP contribution in [0.3, 0.4) is 0 Å². The highest BCUT2D eigenvalue weighted by atomic mass is 16.3. The van der Waals surface area contributed by atoms with Gasteiger partial charge in [0.1, 0.15) is 0 Å². The second kappa shape index (κ2) is 5.50. The molecule has 0 aliphatic rings. The summed E-state index contributed by atoms with van der Waals surface area (Å²) >= 11 is 0. The summed E-state index contributed by atoms with van der Waals surface area (Å²) in [6, 6.07) is 12.7. The van der Waals surface area contributed by atoms with Crippen LogP contribution >= 0.6 is 0 Å². The van der Waals surface area contributed by atoms with Gasteiger partial charge in [0.15, 0.2) is 0 Å². The molecule has 1 N–H and O–H groups in total. The normalized spacial score (nSPS) is 10.9. The molecule has 2 aromatic rings. The zero-order chi connectivity index (χ0) is 11.9. The highest BCUT2D eigenvalue weighted by Crippen LogP contribution is 2.06. The van der Waals surface area contributed by atoms with E-state index >= 15 is 0 Å². The van der Waals surface area contributed by atoms with Crippen molar-refractivity contribution in [2.24, 2.45) is 10.3 Å². The summed E-state index contributed by atoms with van der Waals surface area (Å²) in [6.45, 7) is 0. The molecule has 0 aliphatic heterocycles. The van der Waals surface area contributed by atoms with E-state index < -0.39 is 0 Å². The molecular formula is C12H10N4O. The van der Waals surface area contributed by atoms with Crippen molar-refractivity contribution in [2.45, 2.75) is 0 Å². The van der Waals surface area contributed by atoms with Gasteiger partial charge in [0.2, 0.25) is 5.84 Å². The van der Waals surface area contributed by atoms with Gasteiger partial charge in [0, 0.05) is 18.0 Å². The Hall–Kier alpha value is -2.56. The van der Waals surface area contributed by atoms with Crippen molar-refractivity contribution in [3.8, 4) is 0 Å². The van der Waals surface area contributed by atoms with Crippen LogP contribution in [0.5, 0.6) is 0 Å². The molecule has 0 fully saturated rings. The molecule has 0 amide bonds. The van der Waals surface area contributed by atoms with Crippen molar-refractivity contribution in [1.82, 2.24) is 4.98 Å². The monoisotopic (exact) mass is 226 g/mol. The van der Waals surface area contributed by atoms with Crippen molar-refractivity contribution in [3.05, 3.63) is 65.3 Å². The van der Waals surface area contributed by atoms with Gasteiger partial charge in [-0.3, -0.25) is 10.4 Å². The molecule has 0 aliphatic carbocycles. The Labute approximate surface area is 98.2 Å². The number of rotatable bonds is 3. The van der Waals surface area contributed by atoms with E-state index in [-0.39, 0.29) is 5.84 Å². The fraction of sp³-hybridized carbons (Fsp3) is 0. The number of nitrogens with one attached hydrogen (secondary N) is 1. The first-order chi connectivity index (χ1) is 8.40. The van der Waals surface area contributed by atoms with Gasteiger partial charge in [-0.1, -0.05) is 18.2 Å². The Balaban J connectivity index is 2.17. The Bertz CT molecular complexity index is 511. The molecule has 2 rings (SSSR count). The third-order valence-electron chi connectivity index (χ3n) is 2.09. The topological polar surface area (TPSA) is 66.7 Å². The lowest BCUT2D eigenvalue weighted by atomic mass is 10.2. The molecule has 84 valence electrons. The van der Waals surface area contributed by atoms with E-state index in [0.717, 1.165) is 5.69 Å². The average Bonchev–Trinajstić information content (AvgIpc) is 2.42. The first-order valence-electron chi connectivity index (χ1n) is 5.02. The van der Waals surface area contributed by atoms with Gasteiger partial charge in [-0.05, 0) is 29.4 Å². The van der Waals surface area contributed by atoms with Gasteiger partial charge in [0.05, 0.1) is 5.69 Å². The van der Waals surface area contributed by atoms with Crippen molar-refractivity contribution >= 4 is 11.5 Å². The molecule has 17 heavy (non-hydrogen) atoms. The number of nitrogens with zero attached hydrogens (tertiary/aromatic N) is 3. The molecule has 1 aromatic carbocycles. The van der Waals surface area contributed by atoms with E-state index in [2.05, 4.69) is 20.7 Å². The maximum atomic E-state index is 10.7. The lowest BCUT2D eigenvalue weighted by Crippen LogP contribution is -2.00. The summed E-state index contributed by atoms with van der Waals surface area (Å²) in [5.41, 5.74) is 4.19. The molecule has 0 spiro atoms. The van der Waals surface area contributed by atoms with Gasteiger partial charge in [0.25, 0.3) is 0 Å². The van der Waals surface area contributed by atoms with Gasteiger partial charge in [-0.15, -0.1) is 4.91 Å². The molecule has 0 bridgehead atoms. The molecule has 0 saturated heterocycles. The summed E-state index contributed by atoms with van der Waals surface area (Å²) in [6.07, 6.45) is 3.16. The van der Waals surface area contributed by atoms with Gasteiger partial charge in [-0.2, -0.15) is 5.10 Å². The van der Waals surface area contributed by atoms with Crippen molar-refractivity contribution in [3.63, 3.8) is 0 Å². The first kappa shape index (κ1) is 10.9. The Kier molecular flexibility index (Phi) is 3.54. The minimum atomic E-state index is 0.0938. The van der Waals surface area contributed by atoms with Crippen LogP contribution in [0.25, 0.3) is 0 Å². The summed E-state index contributed by atoms with van der Waals surface area (Å²) in [7, 11) is 0. The predicted molar refractivity (Wildman–Crippen MR) is 66.6 cm³/mol. The molecule has 5 heteroatoms. The minimum Gasteiger partial charge on any atom is -0.276 e. The summed E-state index contributed by atoms with van der Waals surface area (Å²) in [4.78, 5) is 14.5. The van der Waals surface area contributed by atoms with E-state index in [4.69, 9.17) is 0 Å². The number of hydrogen-bond donors (Lipinski definition) is 1. The van der Waals surface area contributed by atoms with E-state index in [1.54, 1.807) is 24.5 Å². The van der Waals surface area contributed by atoms with Crippen LogP contribution in [0.4, 0.5) is 5.69 Å². The number of benzene rings is 1. The maximum Gasteiger partial charge on any atom is 0.222 e. The highest BCUT2D eigenvalue weighted by molar-refractivity contribution is 5.99. The SMILES string of the molecule is O=N/C(=N\Nc1ccccc1)c1ccncc1. The zero-order valence-electron chi connectivity index (χ0n) is 8.95. The van der Waals surface area contributed by atoms with Crippen LogP contribution < -0.4 is 5.43 Å². The molecular weight excluding hydrogens is 216 g/mol. The molecule has 0 radical (unpaired) electrons. The second-order valence-corrected chi connectivity index (χ2v) is 3.24. The molecule has 5 nitrogen and oxygen atoms in total. The number of hydrazone groups is 1.